The number of hydrogen-bond donors (Lipinski definition) is 0. The standard InChI is InChI=1S/C16H11ClOS/c17-14-7-3-1-5-11(14)9-15(18)13-10-19-16-8-4-2-6-12(13)16/h1-8,10H,9H2. The molecule has 1 heterocycles. The molecule has 1 nitrogen and oxygen atoms in total. The zero-order valence-corrected chi connectivity index (χ0v) is 11.7. The molecule has 1 aromatic heterocycles. The van der Waals surface area contributed by atoms with E-state index < -0.39 is 0 Å². The van der Waals surface area contributed by atoms with Crippen LogP contribution in [0.3, 0.4) is 0 Å². The van der Waals surface area contributed by atoms with E-state index in [1.54, 1.807) is 11.3 Å². The van der Waals surface area contributed by atoms with Gasteiger partial charge >= 0.3 is 0 Å². The number of hydrogen-bond acceptors (Lipinski definition) is 2. The molecular formula is C16H11ClOS. The molecule has 3 aromatic rings. The number of ketones is 1. The lowest BCUT2D eigenvalue weighted by molar-refractivity contribution is 0.0995. The molecule has 0 amide bonds. The summed E-state index contributed by atoms with van der Waals surface area (Å²) in [6.07, 6.45) is 0.348. The van der Waals surface area contributed by atoms with Gasteiger partial charge in [-0.1, -0.05) is 48.0 Å². The molecule has 2 aromatic carbocycles. The van der Waals surface area contributed by atoms with Gasteiger partial charge < -0.3 is 0 Å². The van der Waals surface area contributed by atoms with Crippen molar-refractivity contribution in [3.8, 4) is 0 Å². The van der Waals surface area contributed by atoms with E-state index in [9.17, 15) is 4.79 Å². The molecule has 3 heteroatoms. The third kappa shape index (κ3) is 2.42. The monoisotopic (exact) mass is 286 g/mol. The molecule has 0 aliphatic heterocycles. The Morgan fingerprint density at radius 1 is 1.05 bits per heavy atom. The van der Waals surface area contributed by atoms with Crippen LogP contribution in [0.1, 0.15) is 15.9 Å². The first-order chi connectivity index (χ1) is 9.25. The number of rotatable bonds is 3. The highest BCUT2D eigenvalue weighted by Gasteiger charge is 2.13. The van der Waals surface area contributed by atoms with Crippen molar-refractivity contribution in [1.29, 1.82) is 0 Å². The van der Waals surface area contributed by atoms with Gasteiger partial charge in [0, 0.05) is 32.5 Å². The zero-order chi connectivity index (χ0) is 13.2. The third-order valence-corrected chi connectivity index (χ3v) is 4.42. The zero-order valence-electron chi connectivity index (χ0n) is 10.1. The SMILES string of the molecule is O=C(Cc1ccccc1Cl)c1csc2ccccc12. The van der Waals surface area contributed by atoms with Gasteiger partial charge in [0.05, 0.1) is 0 Å². The Kier molecular flexibility index (Phi) is 3.36. The van der Waals surface area contributed by atoms with E-state index in [1.807, 2.05) is 53.9 Å². The normalized spacial score (nSPS) is 10.8. The minimum Gasteiger partial charge on any atom is -0.294 e. The van der Waals surface area contributed by atoms with Crippen LogP contribution >= 0.6 is 22.9 Å². The van der Waals surface area contributed by atoms with E-state index in [2.05, 4.69) is 0 Å². The van der Waals surface area contributed by atoms with E-state index in [4.69, 9.17) is 11.6 Å². The van der Waals surface area contributed by atoms with Gasteiger partial charge in [-0.3, -0.25) is 4.79 Å². The lowest BCUT2D eigenvalue weighted by Gasteiger charge is -2.02. The van der Waals surface area contributed by atoms with Crippen molar-refractivity contribution in [2.24, 2.45) is 0 Å². The molecule has 0 saturated heterocycles. The molecule has 0 spiro atoms. The minimum absolute atomic E-state index is 0.116. The van der Waals surface area contributed by atoms with Gasteiger partial charge in [0.25, 0.3) is 0 Å². The lowest BCUT2D eigenvalue weighted by atomic mass is 10.0. The molecule has 0 radical (unpaired) electrons. The van der Waals surface area contributed by atoms with Gasteiger partial charge in [0.2, 0.25) is 0 Å². The predicted octanol–water partition coefficient (Wildman–Crippen LogP) is 4.98. The second-order valence-corrected chi connectivity index (χ2v) is 5.66. The van der Waals surface area contributed by atoms with Crippen LogP contribution < -0.4 is 0 Å². The number of carbonyl (C=O) groups excluding carboxylic acids is 1. The van der Waals surface area contributed by atoms with Crippen LogP contribution in [0, 0.1) is 0 Å². The Labute approximate surface area is 120 Å². The fraction of sp³-hybridized carbons (Fsp3) is 0.0625. The largest absolute Gasteiger partial charge is 0.294 e. The quantitative estimate of drug-likeness (QED) is 0.621. The van der Waals surface area contributed by atoms with Crippen molar-refractivity contribution in [2.45, 2.75) is 6.42 Å². The Morgan fingerprint density at radius 2 is 1.79 bits per heavy atom. The van der Waals surface area contributed by atoms with Crippen molar-refractivity contribution in [2.75, 3.05) is 0 Å². The minimum atomic E-state index is 0.116. The van der Waals surface area contributed by atoms with E-state index in [0.717, 1.165) is 21.2 Å². The number of thiophene rings is 1. The molecule has 0 saturated carbocycles. The van der Waals surface area contributed by atoms with E-state index in [0.29, 0.717) is 11.4 Å². The van der Waals surface area contributed by atoms with Crippen LogP contribution in [0.25, 0.3) is 10.1 Å². The van der Waals surface area contributed by atoms with Crippen molar-refractivity contribution < 1.29 is 4.79 Å². The van der Waals surface area contributed by atoms with Gasteiger partial charge in [-0.05, 0) is 17.7 Å². The van der Waals surface area contributed by atoms with Gasteiger partial charge in [0.15, 0.2) is 5.78 Å². The summed E-state index contributed by atoms with van der Waals surface area (Å²) >= 11 is 7.70. The summed E-state index contributed by atoms with van der Waals surface area (Å²) in [5.74, 6) is 0.116. The van der Waals surface area contributed by atoms with Crippen LogP contribution in [0.15, 0.2) is 53.9 Å². The number of Topliss-reactive ketones (excluding diaryl/α,β-unsaturated/α-hetero) is 1. The highest BCUT2D eigenvalue weighted by atomic mass is 35.5. The molecule has 0 bridgehead atoms. The molecular weight excluding hydrogens is 276 g/mol. The molecule has 19 heavy (non-hydrogen) atoms. The molecule has 0 N–H and O–H groups in total. The summed E-state index contributed by atoms with van der Waals surface area (Å²) in [4.78, 5) is 12.4. The predicted molar refractivity (Wildman–Crippen MR) is 81.3 cm³/mol. The molecule has 0 atom stereocenters. The molecule has 0 aliphatic rings. The Hall–Kier alpha value is -1.64. The van der Waals surface area contributed by atoms with Gasteiger partial charge in [-0.2, -0.15) is 0 Å². The maximum atomic E-state index is 12.4. The van der Waals surface area contributed by atoms with Gasteiger partial charge in [-0.15, -0.1) is 11.3 Å². The van der Waals surface area contributed by atoms with E-state index >= 15 is 0 Å². The number of halogens is 1. The maximum absolute atomic E-state index is 12.4. The highest BCUT2D eigenvalue weighted by Crippen LogP contribution is 2.27. The van der Waals surface area contributed by atoms with Crippen molar-refractivity contribution in [1.82, 2.24) is 0 Å². The third-order valence-electron chi connectivity index (χ3n) is 3.09. The van der Waals surface area contributed by atoms with Crippen molar-refractivity contribution in [3.05, 3.63) is 70.1 Å². The molecule has 0 aliphatic carbocycles. The van der Waals surface area contributed by atoms with Crippen LogP contribution in [0.5, 0.6) is 0 Å². The summed E-state index contributed by atoms with van der Waals surface area (Å²) in [5.41, 5.74) is 1.67. The fourth-order valence-corrected chi connectivity index (χ4v) is 3.27. The lowest BCUT2D eigenvalue weighted by Crippen LogP contribution is -2.03. The fourth-order valence-electron chi connectivity index (χ4n) is 2.10. The number of benzene rings is 2. The Morgan fingerprint density at radius 3 is 2.63 bits per heavy atom. The van der Waals surface area contributed by atoms with E-state index in [-0.39, 0.29) is 5.78 Å². The second kappa shape index (κ2) is 5.16. The first-order valence-corrected chi connectivity index (χ1v) is 7.24. The average molecular weight is 287 g/mol. The van der Waals surface area contributed by atoms with E-state index in [1.165, 1.54) is 0 Å². The molecule has 94 valence electrons. The Balaban J connectivity index is 1.95. The smallest absolute Gasteiger partial charge is 0.168 e. The summed E-state index contributed by atoms with van der Waals surface area (Å²) in [6.45, 7) is 0. The molecule has 0 fully saturated rings. The maximum Gasteiger partial charge on any atom is 0.168 e. The number of carbonyl (C=O) groups is 1. The van der Waals surface area contributed by atoms with Crippen molar-refractivity contribution >= 4 is 38.8 Å². The van der Waals surface area contributed by atoms with Crippen molar-refractivity contribution in [3.63, 3.8) is 0 Å². The average Bonchev–Trinajstić information content (AvgIpc) is 2.85. The van der Waals surface area contributed by atoms with Gasteiger partial charge in [0.1, 0.15) is 0 Å². The summed E-state index contributed by atoms with van der Waals surface area (Å²) < 4.78 is 1.14. The first kappa shape index (κ1) is 12.4. The highest BCUT2D eigenvalue weighted by molar-refractivity contribution is 7.17. The second-order valence-electron chi connectivity index (χ2n) is 4.34. The molecule has 3 rings (SSSR count). The van der Waals surface area contributed by atoms with Crippen LogP contribution in [-0.2, 0) is 6.42 Å². The van der Waals surface area contributed by atoms with Crippen LogP contribution in [0.2, 0.25) is 5.02 Å². The van der Waals surface area contributed by atoms with Crippen LogP contribution in [0.4, 0.5) is 0 Å². The van der Waals surface area contributed by atoms with Gasteiger partial charge in [-0.25, -0.2) is 0 Å². The number of fused-ring (bicyclic) bond motifs is 1. The first-order valence-electron chi connectivity index (χ1n) is 5.98. The topological polar surface area (TPSA) is 17.1 Å². The summed E-state index contributed by atoms with van der Waals surface area (Å²) in [6, 6.07) is 15.5. The van der Waals surface area contributed by atoms with Crippen LogP contribution in [-0.4, -0.2) is 5.78 Å². The summed E-state index contributed by atoms with van der Waals surface area (Å²) in [5, 5.41) is 3.61. The molecule has 0 unspecified atom stereocenters. The Bertz CT molecular complexity index is 745. The summed E-state index contributed by atoms with van der Waals surface area (Å²) in [7, 11) is 0.